The Bertz CT molecular complexity index is 384. The number of rotatable bonds is 6. The average Bonchev–Trinajstić information content (AvgIpc) is 2.28. The number of nitrogens with one attached hydrogen (secondary N) is 1. The average molecular weight is 280 g/mol. The third-order valence-corrected chi connectivity index (χ3v) is 4.70. The molecule has 0 radical (unpaired) electrons. The van der Waals surface area contributed by atoms with E-state index in [0.29, 0.717) is 25.8 Å². The summed E-state index contributed by atoms with van der Waals surface area (Å²) < 4.78 is 27.6. The van der Waals surface area contributed by atoms with Gasteiger partial charge >= 0.3 is 5.97 Å². The number of piperidine rings is 1. The Kier molecular flexibility index (Phi) is 5.51. The Balaban J connectivity index is 2.64. The number of aliphatic hydroxyl groups is 1. The first-order valence-electron chi connectivity index (χ1n) is 5.98. The Morgan fingerprint density at radius 3 is 2.78 bits per heavy atom. The second-order valence-corrected chi connectivity index (χ2v) is 6.27. The van der Waals surface area contributed by atoms with Gasteiger partial charge in [0.1, 0.15) is 0 Å². The smallest absolute Gasteiger partial charge is 0.307 e. The molecule has 1 saturated heterocycles. The van der Waals surface area contributed by atoms with Crippen LogP contribution in [0.1, 0.15) is 26.2 Å². The molecule has 2 unspecified atom stereocenters. The summed E-state index contributed by atoms with van der Waals surface area (Å²) in [5.41, 5.74) is 0. The van der Waals surface area contributed by atoms with Crippen LogP contribution in [-0.4, -0.2) is 54.6 Å². The summed E-state index contributed by atoms with van der Waals surface area (Å²) in [6, 6.07) is -0.370. The van der Waals surface area contributed by atoms with E-state index in [2.05, 4.69) is 4.72 Å². The quantitative estimate of drug-likeness (QED) is 0.601. The lowest BCUT2D eigenvalue weighted by Gasteiger charge is -2.30. The van der Waals surface area contributed by atoms with Crippen molar-refractivity contribution in [3.8, 4) is 0 Å². The highest BCUT2D eigenvalue weighted by Gasteiger charge is 2.32. The van der Waals surface area contributed by atoms with Gasteiger partial charge in [0, 0.05) is 25.7 Å². The third kappa shape index (κ3) is 4.20. The molecule has 18 heavy (non-hydrogen) atoms. The molecule has 1 fully saturated rings. The van der Waals surface area contributed by atoms with Gasteiger partial charge in [-0.2, -0.15) is 17.4 Å². The number of aliphatic hydroxyl groups excluding tert-OH is 1. The summed E-state index contributed by atoms with van der Waals surface area (Å²) in [4.78, 5) is 10.9. The van der Waals surface area contributed by atoms with E-state index in [9.17, 15) is 13.2 Å². The van der Waals surface area contributed by atoms with Crippen LogP contribution >= 0.6 is 0 Å². The molecule has 106 valence electrons. The topological polar surface area (TPSA) is 107 Å². The lowest BCUT2D eigenvalue weighted by Crippen LogP contribution is -2.49. The predicted molar refractivity (Wildman–Crippen MR) is 65.2 cm³/mol. The van der Waals surface area contributed by atoms with Crippen LogP contribution in [0, 0.1) is 5.92 Å². The minimum atomic E-state index is -3.66. The van der Waals surface area contributed by atoms with Crippen LogP contribution in [0.3, 0.4) is 0 Å². The van der Waals surface area contributed by atoms with Gasteiger partial charge in [0.2, 0.25) is 0 Å². The first kappa shape index (κ1) is 15.4. The zero-order valence-electron chi connectivity index (χ0n) is 10.4. The molecule has 8 heteroatoms. The molecule has 0 saturated carbocycles. The van der Waals surface area contributed by atoms with Gasteiger partial charge in [-0.15, -0.1) is 0 Å². The van der Waals surface area contributed by atoms with Gasteiger partial charge in [-0.25, -0.2) is 0 Å². The van der Waals surface area contributed by atoms with E-state index >= 15 is 0 Å². The standard InChI is InChI=1S/C10H20N2O5S/c1-8(4-6-13)11-18(16,17)12-5-2-3-9(7-12)10(14)15/h8-9,11,13H,2-7H2,1H3,(H,14,15). The van der Waals surface area contributed by atoms with Crippen LogP contribution in [0.2, 0.25) is 0 Å². The normalized spacial score (nSPS) is 23.8. The van der Waals surface area contributed by atoms with E-state index in [-0.39, 0.29) is 19.2 Å². The first-order valence-corrected chi connectivity index (χ1v) is 7.42. The molecule has 0 aromatic rings. The number of aliphatic carboxylic acids is 1. The Hall–Kier alpha value is -0.700. The van der Waals surface area contributed by atoms with Gasteiger partial charge in [0.25, 0.3) is 10.2 Å². The lowest BCUT2D eigenvalue weighted by molar-refractivity contribution is -0.142. The van der Waals surface area contributed by atoms with Crippen molar-refractivity contribution in [2.45, 2.75) is 32.2 Å². The van der Waals surface area contributed by atoms with Crippen LogP contribution in [0.5, 0.6) is 0 Å². The molecule has 0 aliphatic carbocycles. The molecule has 0 spiro atoms. The zero-order chi connectivity index (χ0) is 13.8. The summed E-state index contributed by atoms with van der Waals surface area (Å²) in [6.45, 7) is 1.91. The SMILES string of the molecule is CC(CCO)NS(=O)(=O)N1CCCC(C(=O)O)C1. The second-order valence-electron chi connectivity index (χ2n) is 4.57. The summed E-state index contributed by atoms with van der Waals surface area (Å²) in [7, 11) is -3.66. The number of hydrogen-bond donors (Lipinski definition) is 3. The minimum Gasteiger partial charge on any atom is -0.481 e. The summed E-state index contributed by atoms with van der Waals surface area (Å²) >= 11 is 0. The molecule has 0 amide bonds. The van der Waals surface area contributed by atoms with Gasteiger partial charge in [0.15, 0.2) is 0 Å². The van der Waals surface area contributed by atoms with E-state index in [1.165, 1.54) is 4.31 Å². The van der Waals surface area contributed by atoms with Crippen molar-refractivity contribution in [3.05, 3.63) is 0 Å². The molecule has 1 aliphatic heterocycles. The van der Waals surface area contributed by atoms with Crippen LogP contribution < -0.4 is 4.72 Å². The summed E-state index contributed by atoms with van der Waals surface area (Å²) in [5, 5.41) is 17.6. The molecule has 7 nitrogen and oxygen atoms in total. The molecule has 1 aliphatic rings. The Morgan fingerprint density at radius 1 is 1.56 bits per heavy atom. The van der Waals surface area contributed by atoms with Gasteiger partial charge in [-0.05, 0) is 26.2 Å². The maximum Gasteiger partial charge on any atom is 0.307 e. The molecule has 1 heterocycles. The van der Waals surface area contributed by atoms with E-state index in [0.717, 1.165) is 0 Å². The monoisotopic (exact) mass is 280 g/mol. The highest BCUT2D eigenvalue weighted by atomic mass is 32.2. The van der Waals surface area contributed by atoms with Crippen molar-refractivity contribution in [1.29, 1.82) is 0 Å². The summed E-state index contributed by atoms with van der Waals surface area (Å²) in [5.74, 6) is -1.60. The fourth-order valence-electron chi connectivity index (χ4n) is 1.94. The number of carboxylic acid groups (broad SMARTS) is 1. The molecule has 0 bridgehead atoms. The van der Waals surface area contributed by atoms with E-state index in [1.54, 1.807) is 6.92 Å². The molecule has 3 N–H and O–H groups in total. The fourth-order valence-corrected chi connectivity index (χ4v) is 3.46. The molecular weight excluding hydrogens is 260 g/mol. The van der Waals surface area contributed by atoms with E-state index in [4.69, 9.17) is 10.2 Å². The molecule has 1 rings (SSSR count). The number of hydrogen-bond acceptors (Lipinski definition) is 4. The minimum absolute atomic E-state index is 0.0104. The Morgan fingerprint density at radius 2 is 2.22 bits per heavy atom. The largest absolute Gasteiger partial charge is 0.481 e. The van der Waals surface area contributed by atoms with Crippen molar-refractivity contribution in [1.82, 2.24) is 9.03 Å². The number of nitrogens with zero attached hydrogens (tertiary/aromatic N) is 1. The number of carboxylic acids is 1. The van der Waals surface area contributed by atoms with Crippen LogP contribution in [0.4, 0.5) is 0 Å². The van der Waals surface area contributed by atoms with Crippen LogP contribution in [0.15, 0.2) is 0 Å². The van der Waals surface area contributed by atoms with Crippen molar-refractivity contribution >= 4 is 16.2 Å². The van der Waals surface area contributed by atoms with Gasteiger partial charge in [0.05, 0.1) is 5.92 Å². The zero-order valence-corrected chi connectivity index (χ0v) is 11.2. The Labute approximate surface area is 107 Å². The fraction of sp³-hybridized carbons (Fsp3) is 0.900. The predicted octanol–water partition coefficient (Wildman–Crippen LogP) is -0.612. The van der Waals surface area contributed by atoms with Gasteiger partial charge < -0.3 is 10.2 Å². The maximum atomic E-state index is 12.0. The van der Waals surface area contributed by atoms with Gasteiger partial charge in [-0.3, -0.25) is 4.79 Å². The van der Waals surface area contributed by atoms with Crippen molar-refractivity contribution in [2.75, 3.05) is 19.7 Å². The maximum absolute atomic E-state index is 12.0. The first-order chi connectivity index (χ1) is 8.36. The lowest BCUT2D eigenvalue weighted by atomic mass is 10.0. The van der Waals surface area contributed by atoms with Crippen molar-refractivity contribution in [2.24, 2.45) is 5.92 Å². The second kappa shape index (κ2) is 6.46. The third-order valence-electron chi connectivity index (χ3n) is 2.99. The van der Waals surface area contributed by atoms with Crippen LogP contribution in [0.25, 0.3) is 0 Å². The van der Waals surface area contributed by atoms with Crippen LogP contribution in [-0.2, 0) is 15.0 Å². The van der Waals surface area contributed by atoms with Crippen molar-refractivity contribution in [3.63, 3.8) is 0 Å². The molecule has 0 aromatic heterocycles. The highest BCUT2D eigenvalue weighted by molar-refractivity contribution is 7.87. The molecule has 0 aromatic carbocycles. The molecule has 2 atom stereocenters. The van der Waals surface area contributed by atoms with E-state index in [1.807, 2.05) is 0 Å². The van der Waals surface area contributed by atoms with E-state index < -0.39 is 22.1 Å². The number of carbonyl (C=O) groups is 1. The van der Waals surface area contributed by atoms with Gasteiger partial charge in [-0.1, -0.05) is 0 Å². The van der Waals surface area contributed by atoms with Crippen molar-refractivity contribution < 1.29 is 23.4 Å². The highest BCUT2D eigenvalue weighted by Crippen LogP contribution is 2.19. The molecular formula is C10H20N2O5S. The summed E-state index contributed by atoms with van der Waals surface area (Å²) in [6.07, 6.45) is 1.38.